The summed E-state index contributed by atoms with van der Waals surface area (Å²) in [7, 11) is 0. The molecule has 0 fully saturated rings. The molecule has 2 N–H and O–H groups in total. The van der Waals surface area contributed by atoms with Crippen molar-refractivity contribution in [2.75, 3.05) is 0 Å². The van der Waals surface area contributed by atoms with Gasteiger partial charge in [-0.25, -0.2) is 0 Å². The molecule has 3 heterocycles. The summed E-state index contributed by atoms with van der Waals surface area (Å²) >= 11 is 1.49. The molecule has 0 saturated heterocycles. The summed E-state index contributed by atoms with van der Waals surface area (Å²) in [6, 6.07) is 7.44. The molecule has 6 heteroatoms. The first-order valence-electron chi connectivity index (χ1n) is 6.64. The van der Waals surface area contributed by atoms with Crippen LogP contribution >= 0.6 is 11.3 Å². The minimum Gasteiger partial charge on any atom is -0.316 e. The van der Waals surface area contributed by atoms with Crippen molar-refractivity contribution in [1.29, 1.82) is 0 Å². The second-order valence-electron chi connectivity index (χ2n) is 4.80. The third-order valence-corrected chi connectivity index (χ3v) is 3.86. The van der Waals surface area contributed by atoms with Crippen molar-refractivity contribution >= 4 is 23.5 Å². The third kappa shape index (κ3) is 3.12. The smallest absolute Gasteiger partial charge is 0.272 e. The Kier molecular flexibility index (Phi) is 3.84. The summed E-state index contributed by atoms with van der Waals surface area (Å²) in [5, 5.41) is 2.33. The predicted molar refractivity (Wildman–Crippen MR) is 87.4 cm³/mol. The van der Waals surface area contributed by atoms with Gasteiger partial charge in [0.15, 0.2) is 0 Å². The van der Waals surface area contributed by atoms with E-state index in [0.717, 1.165) is 10.4 Å². The Morgan fingerprint density at radius 3 is 2.36 bits per heavy atom. The van der Waals surface area contributed by atoms with Crippen molar-refractivity contribution in [3.63, 3.8) is 0 Å². The number of hydrogen-bond acceptors (Lipinski definition) is 4. The molecule has 0 amide bonds. The van der Waals surface area contributed by atoms with Gasteiger partial charge in [0.2, 0.25) is 0 Å². The molecule has 3 aromatic rings. The van der Waals surface area contributed by atoms with Gasteiger partial charge in [-0.05, 0) is 42.2 Å². The Hall–Kier alpha value is -2.73. The summed E-state index contributed by atoms with van der Waals surface area (Å²) in [4.78, 5) is 34.5. The lowest BCUT2D eigenvalue weighted by molar-refractivity contribution is 1.00. The summed E-state index contributed by atoms with van der Waals surface area (Å²) in [5.74, 6) is 0. The van der Waals surface area contributed by atoms with Crippen molar-refractivity contribution in [1.82, 2.24) is 15.0 Å². The molecule has 0 aliphatic heterocycles. The maximum absolute atomic E-state index is 12.1. The number of rotatable bonds is 2. The van der Waals surface area contributed by atoms with Crippen LogP contribution in [-0.4, -0.2) is 15.0 Å². The van der Waals surface area contributed by atoms with E-state index in [0.29, 0.717) is 5.69 Å². The van der Waals surface area contributed by atoms with Gasteiger partial charge in [-0.3, -0.25) is 14.6 Å². The van der Waals surface area contributed by atoms with E-state index in [1.807, 2.05) is 30.5 Å². The zero-order chi connectivity index (χ0) is 15.5. The van der Waals surface area contributed by atoms with E-state index >= 15 is 0 Å². The van der Waals surface area contributed by atoms with Gasteiger partial charge in [-0.1, -0.05) is 12.1 Å². The first kappa shape index (κ1) is 14.2. The van der Waals surface area contributed by atoms with E-state index in [1.54, 1.807) is 24.4 Å². The summed E-state index contributed by atoms with van der Waals surface area (Å²) < 4.78 is 0. The molecule has 22 heavy (non-hydrogen) atoms. The molecule has 0 aromatic carbocycles. The maximum Gasteiger partial charge on any atom is 0.272 e. The van der Waals surface area contributed by atoms with E-state index in [-0.39, 0.29) is 21.8 Å². The fourth-order valence-electron chi connectivity index (χ4n) is 1.92. The molecule has 3 aromatic heterocycles. The number of aromatic amines is 2. The topological polar surface area (TPSA) is 78.6 Å². The molecule has 0 unspecified atom stereocenters. The largest absolute Gasteiger partial charge is 0.316 e. The van der Waals surface area contributed by atoms with Crippen LogP contribution < -0.4 is 21.8 Å². The van der Waals surface area contributed by atoms with Crippen LogP contribution in [0.25, 0.3) is 12.2 Å². The van der Waals surface area contributed by atoms with Crippen LogP contribution in [0.1, 0.15) is 16.1 Å². The molecule has 0 aliphatic carbocycles. The monoisotopic (exact) mass is 311 g/mol. The molecule has 0 radical (unpaired) electrons. The Bertz CT molecular complexity index is 1010. The minimum atomic E-state index is -0.357. The van der Waals surface area contributed by atoms with Crippen LogP contribution in [0.2, 0.25) is 0 Å². The molecule has 110 valence electrons. The minimum absolute atomic E-state index is 0.185. The average molecular weight is 311 g/mol. The summed E-state index contributed by atoms with van der Waals surface area (Å²) in [5.41, 5.74) is 0.943. The second kappa shape index (κ2) is 5.95. The van der Waals surface area contributed by atoms with Crippen LogP contribution in [0.4, 0.5) is 0 Å². The Balaban J connectivity index is 2.13. The lowest BCUT2D eigenvalue weighted by Gasteiger charge is -1.94. The fourth-order valence-corrected chi connectivity index (χ4v) is 2.58. The van der Waals surface area contributed by atoms with E-state index < -0.39 is 0 Å². The van der Waals surface area contributed by atoms with Crippen LogP contribution in [0.5, 0.6) is 0 Å². The highest BCUT2D eigenvalue weighted by Gasteiger charge is 1.97. The highest BCUT2D eigenvalue weighted by Crippen LogP contribution is 2.07. The molecular formula is C16H13N3O2S. The SMILES string of the molecule is Cc1ccc(/C=c2/[nH]c(=O)/c(=C\c3cccs3)[nH]c2=O)nc1. The number of thiophene rings is 1. The normalized spacial score (nSPS) is 12.8. The highest BCUT2D eigenvalue weighted by atomic mass is 32.1. The lowest BCUT2D eigenvalue weighted by atomic mass is 10.2. The van der Waals surface area contributed by atoms with Gasteiger partial charge >= 0.3 is 0 Å². The highest BCUT2D eigenvalue weighted by molar-refractivity contribution is 7.10. The van der Waals surface area contributed by atoms with Gasteiger partial charge in [-0.15, -0.1) is 11.3 Å². The number of hydrogen-bond donors (Lipinski definition) is 2. The fraction of sp³-hybridized carbons (Fsp3) is 0.0625. The average Bonchev–Trinajstić information content (AvgIpc) is 2.99. The van der Waals surface area contributed by atoms with Crippen LogP contribution in [0, 0.1) is 6.92 Å². The van der Waals surface area contributed by atoms with E-state index in [4.69, 9.17) is 0 Å². The van der Waals surface area contributed by atoms with Crippen LogP contribution in [-0.2, 0) is 0 Å². The molecule has 5 nitrogen and oxygen atoms in total. The third-order valence-electron chi connectivity index (χ3n) is 3.04. The predicted octanol–water partition coefficient (Wildman–Crippen LogP) is 0.486. The van der Waals surface area contributed by atoms with Gasteiger partial charge in [0.05, 0.1) is 5.69 Å². The Morgan fingerprint density at radius 2 is 1.77 bits per heavy atom. The number of aryl methyl sites for hydroxylation is 1. The number of pyridine rings is 1. The Morgan fingerprint density at radius 1 is 1.05 bits per heavy atom. The van der Waals surface area contributed by atoms with Gasteiger partial charge in [0.25, 0.3) is 11.1 Å². The summed E-state index contributed by atoms with van der Waals surface area (Å²) in [6.45, 7) is 1.93. The quantitative estimate of drug-likeness (QED) is 0.723. The van der Waals surface area contributed by atoms with Crippen molar-refractivity contribution < 1.29 is 0 Å². The first-order valence-corrected chi connectivity index (χ1v) is 7.52. The van der Waals surface area contributed by atoms with E-state index in [1.165, 1.54) is 11.3 Å². The maximum atomic E-state index is 12.1. The lowest BCUT2D eigenvalue weighted by Crippen LogP contribution is -2.46. The zero-order valence-corrected chi connectivity index (χ0v) is 12.6. The number of nitrogens with zero attached hydrogens (tertiary/aromatic N) is 1. The number of nitrogens with one attached hydrogen (secondary N) is 2. The van der Waals surface area contributed by atoms with Crippen molar-refractivity contribution in [2.24, 2.45) is 0 Å². The van der Waals surface area contributed by atoms with Gasteiger partial charge < -0.3 is 9.97 Å². The van der Waals surface area contributed by atoms with Crippen LogP contribution in [0.15, 0.2) is 45.4 Å². The van der Waals surface area contributed by atoms with E-state index in [9.17, 15) is 9.59 Å². The Labute approximate surface area is 129 Å². The number of H-pyrrole nitrogens is 2. The number of aromatic nitrogens is 3. The first-order chi connectivity index (χ1) is 10.6. The molecule has 0 bridgehead atoms. The van der Waals surface area contributed by atoms with Crippen LogP contribution in [0.3, 0.4) is 0 Å². The van der Waals surface area contributed by atoms with Crippen molar-refractivity contribution in [3.8, 4) is 0 Å². The summed E-state index contributed by atoms with van der Waals surface area (Å²) in [6.07, 6.45) is 4.91. The van der Waals surface area contributed by atoms with E-state index in [2.05, 4.69) is 15.0 Å². The molecule has 0 atom stereocenters. The standard InChI is InChI=1S/C16H13N3O2S/c1-10-4-5-11(17-9-10)7-13-15(20)19-14(16(21)18-13)8-12-3-2-6-22-12/h2-9H,1H3,(H,18,21)(H,19,20)/b13-7+,14-8+. The second-order valence-corrected chi connectivity index (χ2v) is 5.78. The molecule has 0 aliphatic rings. The molecule has 0 saturated carbocycles. The van der Waals surface area contributed by atoms with Gasteiger partial charge in [0, 0.05) is 11.1 Å². The van der Waals surface area contributed by atoms with Gasteiger partial charge in [0.1, 0.15) is 10.7 Å². The molecule has 0 spiro atoms. The molecule has 3 rings (SSSR count). The molecular weight excluding hydrogens is 298 g/mol. The van der Waals surface area contributed by atoms with Crippen molar-refractivity contribution in [3.05, 3.63) is 83.4 Å². The zero-order valence-electron chi connectivity index (χ0n) is 11.8. The van der Waals surface area contributed by atoms with Gasteiger partial charge in [-0.2, -0.15) is 0 Å². The van der Waals surface area contributed by atoms with Crippen molar-refractivity contribution in [2.45, 2.75) is 6.92 Å².